The van der Waals surface area contributed by atoms with Crippen LogP contribution >= 0.6 is 23.1 Å². The first-order chi connectivity index (χ1) is 15.4. The molecule has 1 atom stereocenters. The summed E-state index contributed by atoms with van der Waals surface area (Å²) in [6, 6.07) is 5.97. The first-order valence-electron chi connectivity index (χ1n) is 10.3. The number of halogens is 1. The van der Waals surface area contributed by atoms with Crippen molar-refractivity contribution in [2.24, 2.45) is 5.92 Å². The molecular weight excluding hydrogens is 453 g/mol. The number of imide groups is 1. The predicted octanol–water partition coefficient (Wildman–Crippen LogP) is 4.08. The summed E-state index contributed by atoms with van der Waals surface area (Å²) in [5.74, 6) is -0.814. The molecule has 0 saturated carbocycles. The Hall–Kier alpha value is -2.72. The third kappa shape index (κ3) is 4.42. The van der Waals surface area contributed by atoms with E-state index >= 15 is 0 Å². The molecular formula is C22H22FN3O4S2. The van der Waals surface area contributed by atoms with E-state index in [1.54, 1.807) is 19.1 Å². The van der Waals surface area contributed by atoms with Crippen molar-refractivity contribution in [3.63, 3.8) is 0 Å². The lowest BCUT2D eigenvalue weighted by atomic mass is 9.89. The van der Waals surface area contributed by atoms with Gasteiger partial charge in [-0.3, -0.25) is 19.5 Å². The maximum Gasteiger partial charge on any atom is 0.413 e. The van der Waals surface area contributed by atoms with Crippen LogP contribution in [-0.4, -0.2) is 33.9 Å². The number of nitrogens with zero attached hydrogens (tertiary/aromatic N) is 2. The molecule has 1 aromatic carbocycles. The van der Waals surface area contributed by atoms with E-state index < -0.39 is 17.8 Å². The Labute approximate surface area is 192 Å². The van der Waals surface area contributed by atoms with Crippen LogP contribution in [0.1, 0.15) is 30.7 Å². The van der Waals surface area contributed by atoms with Gasteiger partial charge in [-0.2, -0.15) is 0 Å². The number of thiophene rings is 1. The number of nitrogens with one attached hydrogen (secondary N) is 1. The fourth-order valence-electron chi connectivity index (χ4n) is 3.76. The molecule has 2 amide bonds. The second-order valence-corrected chi connectivity index (χ2v) is 9.60. The van der Waals surface area contributed by atoms with Gasteiger partial charge in [0.25, 0.3) is 5.56 Å². The average Bonchev–Trinajstić information content (AvgIpc) is 3.10. The fourth-order valence-corrected chi connectivity index (χ4v) is 5.99. The number of amides is 2. The predicted molar refractivity (Wildman–Crippen MR) is 122 cm³/mol. The number of carbonyl (C=O) groups is 2. The van der Waals surface area contributed by atoms with Crippen LogP contribution < -0.4 is 10.9 Å². The molecule has 1 aliphatic rings. The van der Waals surface area contributed by atoms with Crippen LogP contribution in [0.3, 0.4) is 0 Å². The topological polar surface area (TPSA) is 90.3 Å². The molecule has 0 spiro atoms. The zero-order valence-electron chi connectivity index (χ0n) is 17.6. The van der Waals surface area contributed by atoms with Crippen molar-refractivity contribution in [1.82, 2.24) is 14.9 Å². The second-order valence-electron chi connectivity index (χ2n) is 7.58. The molecule has 32 heavy (non-hydrogen) atoms. The van der Waals surface area contributed by atoms with Crippen LogP contribution in [0.5, 0.6) is 0 Å². The lowest BCUT2D eigenvalue weighted by Crippen LogP contribution is -2.32. The number of ether oxygens (including phenoxy) is 1. The van der Waals surface area contributed by atoms with Gasteiger partial charge in [-0.1, -0.05) is 30.8 Å². The van der Waals surface area contributed by atoms with Gasteiger partial charge in [0.15, 0.2) is 5.16 Å². The molecule has 0 radical (unpaired) electrons. The quantitative estimate of drug-likeness (QED) is 0.442. The van der Waals surface area contributed by atoms with E-state index in [1.807, 2.05) is 0 Å². The van der Waals surface area contributed by atoms with Crippen LogP contribution in [0, 0.1) is 11.7 Å². The number of para-hydroxylation sites is 1. The molecule has 2 heterocycles. The van der Waals surface area contributed by atoms with E-state index in [-0.39, 0.29) is 28.8 Å². The van der Waals surface area contributed by atoms with E-state index in [4.69, 9.17) is 4.74 Å². The lowest BCUT2D eigenvalue weighted by molar-refractivity contribution is -0.117. The highest BCUT2D eigenvalue weighted by Gasteiger charge is 2.26. The van der Waals surface area contributed by atoms with Gasteiger partial charge in [0.1, 0.15) is 10.6 Å². The Balaban J connectivity index is 1.78. The lowest BCUT2D eigenvalue weighted by Gasteiger charge is -2.18. The minimum absolute atomic E-state index is 0.0735. The van der Waals surface area contributed by atoms with E-state index in [2.05, 4.69) is 17.2 Å². The molecule has 1 aliphatic carbocycles. The van der Waals surface area contributed by atoms with Gasteiger partial charge >= 0.3 is 6.09 Å². The highest BCUT2D eigenvalue weighted by atomic mass is 32.2. The standard InChI is InChI=1S/C22H22FN3O4S2/c1-3-30-22(29)24-17(27)11-31-21-25-19-18(13-9-8-12(2)10-16(13)32-19)20(28)26(21)15-7-5-4-6-14(15)23/h4-7,12H,3,8-11H2,1-2H3,(H,24,27,29). The number of aryl methyl sites for hydroxylation is 1. The van der Waals surface area contributed by atoms with Crippen molar-refractivity contribution in [3.05, 3.63) is 50.9 Å². The molecule has 0 bridgehead atoms. The van der Waals surface area contributed by atoms with Gasteiger partial charge in [-0.25, -0.2) is 14.2 Å². The molecule has 2 aromatic heterocycles. The molecule has 0 fully saturated rings. The summed E-state index contributed by atoms with van der Waals surface area (Å²) < 4.78 is 20.6. The summed E-state index contributed by atoms with van der Waals surface area (Å²) in [5.41, 5.74) is 0.729. The number of hydrogen-bond donors (Lipinski definition) is 1. The summed E-state index contributed by atoms with van der Waals surface area (Å²) in [6.07, 6.45) is 1.83. The van der Waals surface area contributed by atoms with Crippen molar-refractivity contribution in [2.75, 3.05) is 12.4 Å². The van der Waals surface area contributed by atoms with Crippen molar-refractivity contribution in [3.8, 4) is 5.69 Å². The van der Waals surface area contributed by atoms with Crippen LogP contribution in [0.15, 0.2) is 34.2 Å². The second kappa shape index (κ2) is 9.41. The Morgan fingerprint density at radius 3 is 2.91 bits per heavy atom. The molecule has 10 heteroatoms. The van der Waals surface area contributed by atoms with Gasteiger partial charge in [0, 0.05) is 4.88 Å². The summed E-state index contributed by atoms with van der Waals surface area (Å²) in [6.45, 7) is 3.95. The fraction of sp³-hybridized carbons (Fsp3) is 0.364. The Morgan fingerprint density at radius 2 is 2.16 bits per heavy atom. The van der Waals surface area contributed by atoms with Gasteiger partial charge < -0.3 is 4.74 Å². The maximum absolute atomic E-state index is 14.7. The first kappa shape index (κ1) is 22.5. The smallest absolute Gasteiger partial charge is 0.413 e. The number of rotatable bonds is 5. The monoisotopic (exact) mass is 475 g/mol. The zero-order chi connectivity index (χ0) is 22.8. The molecule has 1 N–H and O–H groups in total. The SMILES string of the molecule is CCOC(=O)NC(=O)CSc1nc2sc3c(c2c(=O)n1-c1ccccc1F)CCC(C)C3. The Morgan fingerprint density at radius 1 is 1.38 bits per heavy atom. The molecule has 3 aromatic rings. The molecule has 0 aliphatic heterocycles. The molecule has 4 rings (SSSR count). The van der Waals surface area contributed by atoms with Crippen molar-refractivity contribution in [1.29, 1.82) is 0 Å². The number of carbonyl (C=O) groups excluding carboxylic acids is 2. The number of benzene rings is 1. The van der Waals surface area contributed by atoms with Crippen LogP contribution in [0.4, 0.5) is 9.18 Å². The van der Waals surface area contributed by atoms with E-state index in [0.717, 1.165) is 41.5 Å². The highest BCUT2D eigenvalue weighted by molar-refractivity contribution is 7.99. The molecule has 1 unspecified atom stereocenters. The third-order valence-electron chi connectivity index (χ3n) is 5.24. The van der Waals surface area contributed by atoms with E-state index in [1.165, 1.54) is 28.0 Å². The third-order valence-corrected chi connectivity index (χ3v) is 7.33. The first-order valence-corrected chi connectivity index (χ1v) is 12.1. The molecule has 168 valence electrons. The molecule has 0 saturated heterocycles. The number of thioether (sulfide) groups is 1. The van der Waals surface area contributed by atoms with Gasteiger partial charge in [-0.05, 0) is 49.8 Å². The number of alkyl carbamates (subject to hydrolysis) is 1. The zero-order valence-corrected chi connectivity index (χ0v) is 19.3. The summed E-state index contributed by atoms with van der Waals surface area (Å²) in [4.78, 5) is 43.6. The van der Waals surface area contributed by atoms with Gasteiger partial charge in [0.2, 0.25) is 5.91 Å². The number of aromatic nitrogens is 2. The van der Waals surface area contributed by atoms with Crippen molar-refractivity contribution < 1.29 is 18.7 Å². The normalized spacial score (nSPS) is 15.4. The summed E-state index contributed by atoms with van der Waals surface area (Å²) in [5, 5.41) is 2.83. The van der Waals surface area contributed by atoms with Crippen molar-refractivity contribution in [2.45, 2.75) is 38.3 Å². The number of hydrogen-bond acceptors (Lipinski definition) is 7. The van der Waals surface area contributed by atoms with E-state index in [0.29, 0.717) is 16.1 Å². The van der Waals surface area contributed by atoms with Gasteiger partial charge in [-0.15, -0.1) is 11.3 Å². The maximum atomic E-state index is 14.7. The average molecular weight is 476 g/mol. The van der Waals surface area contributed by atoms with Crippen LogP contribution in [-0.2, 0) is 22.4 Å². The minimum atomic E-state index is -0.840. The van der Waals surface area contributed by atoms with Crippen LogP contribution in [0.2, 0.25) is 0 Å². The van der Waals surface area contributed by atoms with Crippen LogP contribution in [0.25, 0.3) is 15.9 Å². The Bertz CT molecular complexity index is 1250. The highest BCUT2D eigenvalue weighted by Crippen LogP contribution is 2.37. The Kier molecular flexibility index (Phi) is 6.61. The number of fused-ring (bicyclic) bond motifs is 3. The largest absolute Gasteiger partial charge is 0.450 e. The summed E-state index contributed by atoms with van der Waals surface area (Å²) >= 11 is 2.45. The van der Waals surface area contributed by atoms with Crippen molar-refractivity contribution >= 4 is 45.3 Å². The van der Waals surface area contributed by atoms with Gasteiger partial charge in [0.05, 0.1) is 23.4 Å². The molecule has 7 nitrogen and oxygen atoms in total. The summed E-state index contributed by atoms with van der Waals surface area (Å²) in [7, 11) is 0. The van der Waals surface area contributed by atoms with E-state index in [9.17, 15) is 18.8 Å². The minimum Gasteiger partial charge on any atom is -0.450 e.